The molecule has 1 aliphatic rings. The van der Waals surface area contributed by atoms with E-state index in [1.165, 1.54) is 6.42 Å². The van der Waals surface area contributed by atoms with Crippen LogP contribution in [0.4, 0.5) is 0 Å². The molecule has 2 nitrogen and oxygen atoms in total. The van der Waals surface area contributed by atoms with E-state index in [2.05, 4.69) is 13.8 Å². The largest absolute Gasteiger partial charge is 0.396 e. The van der Waals surface area contributed by atoms with Crippen LogP contribution in [0.25, 0.3) is 0 Å². The highest BCUT2D eigenvalue weighted by Crippen LogP contribution is 2.38. The summed E-state index contributed by atoms with van der Waals surface area (Å²) in [6, 6.07) is 0. The van der Waals surface area contributed by atoms with E-state index in [9.17, 15) is 0 Å². The lowest BCUT2D eigenvalue weighted by Gasteiger charge is -2.43. The summed E-state index contributed by atoms with van der Waals surface area (Å²) in [5.74, 6) is 0.743. The molecule has 0 unspecified atom stereocenters. The highest BCUT2D eigenvalue weighted by molar-refractivity contribution is 4.86. The maximum absolute atomic E-state index is 8.74. The van der Waals surface area contributed by atoms with E-state index < -0.39 is 0 Å². The van der Waals surface area contributed by atoms with Crippen LogP contribution in [-0.2, 0) is 4.74 Å². The number of hydrogen-bond acceptors (Lipinski definition) is 2. The van der Waals surface area contributed by atoms with Gasteiger partial charge in [0.15, 0.2) is 0 Å². The Morgan fingerprint density at radius 3 is 2.42 bits per heavy atom. The summed E-state index contributed by atoms with van der Waals surface area (Å²) < 4.78 is 5.25. The fourth-order valence-corrected chi connectivity index (χ4v) is 2.08. The number of rotatable bonds is 5. The number of aliphatic hydroxyl groups excluding tert-OH is 1. The minimum absolute atomic E-state index is 0.319. The molecule has 1 fully saturated rings. The zero-order chi connectivity index (χ0) is 9.03. The van der Waals surface area contributed by atoms with Crippen molar-refractivity contribution in [3.8, 4) is 0 Å². The molecular formula is C10H20O2. The molecular weight excluding hydrogens is 152 g/mol. The molecule has 0 aromatic heterocycles. The van der Waals surface area contributed by atoms with E-state index in [1.807, 2.05) is 0 Å². The fourth-order valence-electron chi connectivity index (χ4n) is 2.08. The molecule has 0 amide bonds. The average molecular weight is 172 g/mol. The maximum atomic E-state index is 8.74. The molecule has 1 saturated heterocycles. The number of ether oxygens (including phenoxy) is 1. The van der Waals surface area contributed by atoms with Gasteiger partial charge in [0.1, 0.15) is 0 Å². The van der Waals surface area contributed by atoms with E-state index in [1.54, 1.807) is 0 Å². The van der Waals surface area contributed by atoms with E-state index in [0.29, 0.717) is 12.0 Å². The number of hydrogen-bond donors (Lipinski definition) is 1. The average Bonchev–Trinajstić information content (AvgIpc) is 1.94. The smallest absolute Gasteiger partial charge is 0.0544 e. The van der Waals surface area contributed by atoms with E-state index in [4.69, 9.17) is 9.84 Å². The van der Waals surface area contributed by atoms with Gasteiger partial charge in [0, 0.05) is 12.0 Å². The van der Waals surface area contributed by atoms with Crippen molar-refractivity contribution in [1.82, 2.24) is 0 Å². The van der Waals surface area contributed by atoms with Crippen LogP contribution in [0, 0.1) is 11.3 Å². The molecule has 0 spiro atoms. The molecule has 12 heavy (non-hydrogen) atoms. The lowest BCUT2D eigenvalue weighted by molar-refractivity contribution is -0.129. The second kappa shape index (κ2) is 4.24. The van der Waals surface area contributed by atoms with Crippen molar-refractivity contribution in [1.29, 1.82) is 0 Å². The van der Waals surface area contributed by atoms with E-state index >= 15 is 0 Å². The molecule has 72 valence electrons. The third-order valence-electron chi connectivity index (χ3n) is 2.52. The van der Waals surface area contributed by atoms with Crippen molar-refractivity contribution in [3.05, 3.63) is 0 Å². The van der Waals surface area contributed by atoms with Gasteiger partial charge in [-0.1, -0.05) is 13.8 Å². The predicted octanol–water partition coefficient (Wildman–Crippen LogP) is 1.82. The van der Waals surface area contributed by atoms with E-state index in [0.717, 1.165) is 32.0 Å². The van der Waals surface area contributed by atoms with Crippen molar-refractivity contribution >= 4 is 0 Å². The van der Waals surface area contributed by atoms with Crippen molar-refractivity contribution < 1.29 is 9.84 Å². The van der Waals surface area contributed by atoms with E-state index in [-0.39, 0.29) is 0 Å². The van der Waals surface area contributed by atoms with Crippen molar-refractivity contribution in [2.24, 2.45) is 11.3 Å². The summed E-state index contributed by atoms with van der Waals surface area (Å²) in [4.78, 5) is 0. The Hall–Kier alpha value is -0.0800. The molecule has 1 N–H and O–H groups in total. The van der Waals surface area contributed by atoms with Crippen LogP contribution in [0.3, 0.4) is 0 Å². The third-order valence-corrected chi connectivity index (χ3v) is 2.52. The van der Waals surface area contributed by atoms with Crippen LogP contribution in [0.2, 0.25) is 0 Å². The minimum atomic E-state index is 0.319. The standard InChI is InChI=1S/C10H20O2/c1-9(2)6-10(4-3-5-11)7-12-8-10/h9,11H,3-8H2,1-2H3. The number of aliphatic hydroxyl groups is 1. The first-order chi connectivity index (χ1) is 5.68. The Kier molecular flexibility index (Phi) is 3.53. The van der Waals surface area contributed by atoms with Gasteiger partial charge < -0.3 is 9.84 Å². The van der Waals surface area contributed by atoms with Gasteiger partial charge in [-0.05, 0) is 25.2 Å². The molecule has 1 rings (SSSR count). The van der Waals surface area contributed by atoms with Crippen molar-refractivity contribution in [2.75, 3.05) is 19.8 Å². The Morgan fingerprint density at radius 2 is 2.08 bits per heavy atom. The summed E-state index contributed by atoms with van der Waals surface area (Å²) in [5.41, 5.74) is 0.414. The lowest BCUT2D eigenvalue weighted by atomic mass is 9.75. The van der Waals surface area contributed by atoms with Crippen LogP contribution >= 0.6 is 0 Å². The summed E-state index contributed by atoms with van der Waals surface area (Å²) in [6.07, 6.45) is 3.30. The lowest BCUT2D eigenvalue weighted by Crippen LogP contribution is -2.43. The van der Waals surface area contributed by atoms with Crippen LogP contribution in [0.1, 0.15) is 33.1 Å². The molecule has 1 heterocycles. The van der Waals surface area contributed by atoms with Gasteiger partial charge in [-0.25, -0.2) is 0 Å². The van der Waals surface area contributed by atoms with Gasteiger partial charge in [-0.15, -0.1) is 0 Å². The predicted molar refractivity (Wildman–Crippen MR) is 49.0 cm³/mol. The van der Waals surface area contributed by atoms with Gasteiger partial charge >= 0.3 is 0 Å². The van der Waals surface area contributed by atoms with Gasteiger partial charge in [0.05, 0.1) is 13.2 Å². The summed E-state index contributed by atoms with van der Waals surface area (Å²) in [6.45, 7) is 6.63. The fraction of sp³-hybridized carbons (Fsp3) is 1.00. The van der Waals surface area contributed by atoms with Crippen molar-refractivity contribution in [3.63, 3.8) is 0 Å². The summed E-state index contributed by atoms with van der Waals surface area (Å²) >= 11 is 0. The van der Waals surface area contributed by atoms with Gasteiger partial charge in [-0.2, -0.15) is 0 Å². The molecule has 0 radical (unpaired) electrons. The van der Waals surface area contributed by atoms with Crippen LogP contribution in [0.5, 0.6) is 0 Å². The molecule has 0 aromatic rings. The van der Waals surface area contributed by atoms with Gasteiger partial charge in [-0.3, -0.25) is 0 Å². The highest BCUT2D eigenvalue weighted by atomic mass is 16.5. The topological polar surface area (TPSA) is 29.5 Å². The Labute approximate surface area is 74.9 Å². The minimum Gasteiger partial charge on any atom is -0.396 e. The van der Waals surface area contributed by atoms with Crippen LogP contribution < -0.4 is 0 Å². The first-order valence-corrected chi connectivity index (χ1v) is 4.87. The third kappa shape index (κ3) is 2.46. The first-order valence-electron chi connectivity index (χ1n) is 4.87. The second-order valence-corrected chi connectivity index (χ2v) is 4.42. The molecule has 0 aliphatic carbocycles. The van der Waals surface area contributed by atoms with Crippen molar-refractivity contribution in [2.45, 2.75) is 33.1 Å². The maximum Gasteiger partial charge on any atom is 0.0544 e. The Balaban J connectivity index is 2.29. The Morgan fingerprint density at radius 1 is 1.42 bits per heavy atom. The molecule has 0 atom stereocenters. The van der Waals surface area contributed by atoms with Crippen LogP contribution in [-0.4, -0.2) is 24.9 Å². The molecule has 0 saturated carbocycles. The Bertz CT molecular complexity index is 128. The first kappa shape index (κ1) is 10.0. The zero-order valence-corrected chi connectivity index (χ0v) is 8.18. The molecule has 0 aromatic carbocycles. The SMILES string of the molecule is CC(C)CC1(CCCO)COC1. The van der Waals surface area contributed by atoms with Gasteiger partial charge in [0.2, 0.25) is 0 Å². The highest BCUT2D eigenvalue weighted by Gasteiger charge is 2.37. The van der Waals surface area contributed by atoms with Crippen LogP contribution in [0.15, 0.2) is 0 Å². The molecule has 2 heteroatoms. The zero-order valence-electron chi connectivity index (χ0n) is 8.18. The summed E-state index contributed by atoms with van der Waals surface area (Å²) in [5, 5.41) is 8.74. The second-order valence-electron chi connectivity index (χ2n) is 4.42. The quantitative estimate of drug-likeness (QED) is 0.685. The van der Waals surface area contributed by atoms with Gasteiger partial charge in [0.25, 0.3) is 0 Å². The molecule has 0 bridgehead atoms. The normalized spacial score (nSPS) is 21.0. The summed E-state index contributed by atoms with van der Waals surface area (Å²) in [7, 11) is 0. The monoisotopic (exact) mass is 172 g/mol. The molecule has 1 aliphatic heterocycles.